The average molecular weight is 367 g/mol. The quantitative estimate of drug-likeness (QED) is 0.848. The molecule has 2 aromatic rings. The molecule has 0 saturated carbocycles. The predicted octanol–water partition coefficient (Wildman–Crippen LogP) is 3.51. The van der Waals surface area contributed by atoms with Crippen molar-refractivity contribution in [2.75, 3.05) is 35.7 Å². The molecule has 0 radical (unpaired) electrons. The molecular formula is C21H25N3O3. The van der Waals surface area contributed by atoms with Gasteiger partial charge in [-0.05, 0) is 61.4 Å². The van der Waals surface area contributed by atoms with Crippen LogP contribution in [0.4, 0.5) is 17.1 Å². The molecule has 6 nitrogen and oxygen atoms in total. The lowest BCUT2D eigenvalue weighted by Gasteiger charge is -2.33. The molecule has 142 valence electrons. The highest BCUT2D eigenvalue weighted by Crippen LogP contribution is 2.23. The fourth-order valence-corrected chi connectivity index (χ4v) is 3.22. The van der Waals surface area contributed by atoms with E-state index in [1.807, 2.05) is 24.3 Å². The van der Waals surface area contributed by atoms with E-state index in [2.05, 4.69) is 15.5 Å². The second-order valence-corrected chi connectivity index (χ2v) is 6.68. The van der Waals surface area contributed by atoms with E-state index in [1.165, 1.54) is 6.92 Å². The zero-order valence-corrected chi connectivity index (χ0v) is 15.7. The molecule has 2 aromatic carbocycles. The lowest BCUT2D eigenvalue weighted by atomic mass is 10.1. The van der Waals surface area contributed by atoms with Crippen LogP contribution in [0.15, 0.2) is 48.5 Å². The number of hydrogen-bond donors (Lipinski definition) is 2. The number of nitrogens with one attached hydrogen (secondary N) is 2. The molecule has 2 amide bonds. The van der Waals surface area contributed by atoms with Crippen molar-refractivity contribution in [1.82, 2.24) is 0 Å². The van der Waals surface area contributed by atoms with Gasteiger partial charge in [-0.3, -0.25) is 9.59 Å². The van der Waals surface area contributed by atoms with Crippen molar-refractivity contribution in [1.29, 1.82) is 0 Å². The van der Waals surface area contributed by atoms with Crippen molar-refractivity contribution in [3.05, 3.63) is 54.1 Å². The van der Waals surface area contributed by atoms with Gasteiger partial charge < -0.3 is 20.3 Å². The summed E-state index contributed by atoms with van der Waals surface area (Å²) in [6.07, 6.45) is 2.42. The SMILES string of the molecule is COC1CCN(c2ccc(NC(=O)c3ccc(NC(C)=O)cc3)cc2)CC1. The van der Waals surface area contributed by atoms with Gasteiger partial charge in [-0.1, -0.05) is 0 Å². The molecule has 0 unspecified atom stereocenters. The highest BCUT2D eigenvalue weighted by atomic mass is 16.5. The van der Waals surface area contributed by atoms with Gasteiger partial charge in [0.1, 0.15) is 0 Å². The van der Waals surface area contributed by atoms with Crippen molar-refractivity contribution < 1.29 is 14.3 Å². The third-order valence-corrected chi connectivity index (χ3v) is 4.73. The van der Waals surface area contributed by atoms with Crippen LogP contribution >= 0.6 is 0 Å². The number of amides is 2. The van der Waals surface area contributed by atoms with Gasteiger partial charge in [-0.2, -0.15) is 0 Å². The second-order valence-electron chi connectivity index (χ2n) is 6.68. The van der Waals surface area contributed by atoms with Gasteiger partial charge in [0.25, 0.3) is 5.91 Å². The molecule has 0 bridgehead atoms. The maximum Gasteiger partial charge on any atom is 0.255 e. The highest BCUT2D eigenvalue weighted by molar-refractivity contribution is 6.04. The largest absolute Gasteiger partial charge is 0.381 e. The van der Waals surface area contributed by atoms with Crippen LogP contribution in [0.5, 0.6) is 0 Å². The Hall–Kier alpha value is -2.86. The van der Waals surface area contributed by atoms with Crippen molar-refractivity contribution in [3.63, 3.8) is 0 Å². The summed E-state index contributed by atoms with van der Waals surface area (Å²) in [7, 11) is 1.77. The molecule has 0 spiro atoms. The first kappa shape index (κ1) is 18.9. The number of benzene rings is 2. The van der Waals surface area contributed by atoms with Crippen molar-refractivity contribution in [2.45, 2.75) is 25.9 Å². The van der Waals surface area contributed by atoms with Crippen LogP contribution < -0.4 is 15.5 Å². The summed E-state index contributed by atoms with van der Waals surface area (Å²) in [5.41, 5.74) is 3.11. The summed E-state index contributed by atoms with van der Waals surface area (Å²) in [4.78, 5) is 25.8. The fraction of sp³-hybridized carbons (Fsp3) is 0.333. The first-order valence-electron chi connectivity index (χ1n) is 9.12. The fourth-order valence-electron chi connectivity index (χ4n) is 3.22. The van der Waals surface area contributed by atoms with Crippen LogP contribution in [-0.2, 0) is 9.53 Å². The Balaban J connectivity index is 1.57. The Morgan fingerprint density at radius 1 is 0.926 bits per heavy atom. The summed E-state index contributed by atoms with van der Waals surface area (Å²) in [6.45, 7) is 3.40. The molecule has 0 aliphatic carbocycles. The molecule has 3 rings (SSSR count). The van der Waals surface area contributed by atoms with E-state index >= 15 is 0 Å². The highest BCUT2D eigenvalue weighted by Gasteiger charge is 2.18. The normalized spacial score (nSPS) is 14.7. The number of ether oxygens (including phenoxy) is 1. The van der Waals surface area contributed by atoms with Gasteiger partial charge in [0.05, 0.1) is 6.10 Å². The van der Waals surface area contributed by atoms with E-state index < -0.39 is 0 Å². The summed E-state index contributed by atoms with van der Waals surface area (Å²) in [5, 5.41) is 5.58. The van der Waals surface area contributed by atoms with Crippen molar-refractivity contribution in [2.24, 2.45) is 0 Å². The van der Waals surface area contributed by atoms with E-state index in [9.17, 15) is 9.59 Å². The van der Waals surface area contributed by atoms with Gasteiger partial charge in [0, 0.05) is 49.7 Å². The van der Waals surface area contributed by atoms with Gasteiger partial charge >= 0.3 is 0 Å². The van der Waals surface area contributed by atoms with Gasteiger partial charge in [-0.15, -0.1) is 0 Å². The summed E-state index contributed by atoms with van der Waals surface area (Å²) in [5.74, 6) is -0.322. The zero-order valence-electron chi connectivity index (χ0n) is 15.7. The molecule has 1 heterocycles. The van der Waals surface area contributed by atoms with Crippen LogP contribution in [0, 0.1) is 0 Å². The van der Waals surface area contributed by atoms with Gasteiger partial charge in [0.2, 0.25) is 5.91 Å². The van der Waals surface area contributed by atoms with Crippen molar-refractivity contribution >= 4 is 28.9 Å². The molecule has 2 N–H and O–H groups in total. The van der Waals surface area contributed by atoms with Crippen LogP contribution in [0.25, 0.3) is 0 Å². The molecule has 6 heteroatoms. The first-order chi connectivity index (χ1) is 13.0. The topological polar surface area (TPSA) is 70.7 Å². The minimum atomic E-state index is -0.182. The Morgan fingerprint density at radius 3 is 2.04 bits per heavy atom. The van der Waals surface area contributed by atoms with E-state index in [0.29, 0.717) is 17.4 Å². The number of methoxy groups -OCH3 is 1. The van der Waals surface area contributed by atoms with Crippen molar-refractivity contribution in [3.8, 4) is 0 Å². The minimum Gasteiger partial charge on any atom is -0.381 e. The average Bonchev–Trinajstić information content (AvgIpc) is 2.69. The summed E-state index contributed by atoms with van der Waals surface area (Å²) in [6, 6.07) is 14.7. The van der Waals surface area contributed by atoms with E-state index in [0.717, 1.165) is 37.3 Å². The molecule has 1 aliphatic heterocycles. The maximum absolute atomic E-state index is 12.4. The molecule has 1 aliphatic rings. The number of nitrogens with zero attached hydrogens (tertiary/aromatic N) is 1. The third kappa shape index (κ3) is 5.08. The Kier molecular flexibility index (Phi) is 6.08. The second kappa shape index (κ2) is 8.68. The first-order valence-corrected chi connectivity index (χ1v) is 9.12. The number of rotatable bonds is 5. The number of carbonyl (C=O) groups is 2. The monoisotopic (exact) mass is 367 g/mol. The van der Waals surface area contributed by atoms with Gasteiger partial charge in [-0.25, -0.2) is 0 Å². The Bertz CT molecular complexity index is 779. The van der Waals surface area contributed by atoms with Crippen LogP contribution in [-0.4, -0.2) is 38.1 Å². The predicted molar refractivity (Wildman–Crippen MR) is 107 cm³/mol. The van der Waals surface area contributed by atoms with Crippen LogP contribution in [0.3, 0.4) is 0 Å². The lowest BCUT2D eigenvalue weighted by molar-refractivity contribution is -0.114. The van der Waals surface area contributed by atoms with Gasteiger partial charge in [0.15, 0.2) is 0 Å². The molecule has 0 atom stereocenters. The summed E-state index contributed by atoms with van der Waals surface area (Å²) >= 11 is 0. The van der Waals surface area contributed by atoms with E-state index in [4.69, 9.17) is 4.74 Å². The maximum atomic E-state index is 12.4. The number of hydrogen-bond acceptors (Lipinski definition) is 4. The molecule has 1 saturated heterocycles. The lowest BCUT2D eigenvalue weighted by Crippen LogP contribution is -2.36. The Morgan fingerprint density at radius 2 is 1.48 bits per heavy atom. The van der Waals surface area contributed by atoms with E-state index in [-0.39, 0.29) is 11.8 Å². The Labute approximate surface area is 159 Å². The molecular weight excluding hydrogens is 342 g/mol. The summed E-state index contributed by atoms with van der Waals surface area (Å²) < 4.78 is 5.41. The zero-order chi connectivity index (χ0) is 19.2. The molecule has 0 aromatic heterocycles. The standard InChI is InChI=1S/C21H25N3O3/c1-15(25)22-17-5-3-16(4-6-17)21(26)23-18-7-9-19(10-8-18)24-13-11-20(27-2)12-14-24/h3-10,20H,11-14H2,1-2H3,(H,22,25)(H,23,26). The van der Waals surface area contributed by atoms with Crippen LogP contribution in [0.2, 0.25) is 0 Å². The van der Waals surface area contributed by atoms with Crippen LogP contribution in [0.1, 0.15) is 30.1 Å². The number of piperidine rings is 1. The van der Waals surface area contributed by atoms with E-state index in [1.54, 1.807) is 31.4 Å². The smallest absolute Gasteiger partial charge is 0.255 e. The number of anilines is 3. The third-order valence-electron chi connectivity index (χ3n) is 4.73. The molecule has 1 fully saturated rings. The minimum absolute atomic E-state index is 0.140. The molecule has 27 heavy (non-hydrogen) atoms. The number of carbonyl (C=O) groups excluding carboxylic acids is 2.